The molecular weight excluding hydrogens is 344 g/mol. The number of benzene rings is 2. The van der Waals surface area contributed by atoms with Crippen LogP contribution in [0, 0.1) is 0 Å². The predicted molar refractivity (Wildman–Crippen MR) is 105 cm³/mol. The molecule has 0 aliphatic carbocycles. The van der Waals surface area contributed by atoms with E-state index in [1.807, 2.05) is 29.6 Å². The summed E-state index contributed by atoms with van der Waals surface area (Å²) in [5, 5.41) is 3.96. The molecule has 0 fully saturated rings. The highest BCUT2D eigenvalue weighted by Gasteiger charge is 2.13. The molecule has 2 aromatic heterocycles. The van der Waals surface area contributed by atoms with E-state index in [-0.39, 0.29) is 0 Å². The second kappa shape index (κ2) is 7.32. The number of thiazole rings is 1. The van der Waals surface area contributed by atoms with Crippen LogP contribution in [-0.2, 0) is 19.6 Å². The summed E-state index contributed by atoms with van der Waals surface area (Å²) >= 11 is 1.58. The lowest BCUT2D eigenvalue weighted by Crippen LogP contribution is -1.99. The van der Waals surface area contributed by atoms with E-state index >= 15 is 0 Å². The highest BCUT2D eigenvalue weighted by molar-refractivity contribution is 7.13. The summed E-state index contributed by atoms with van der Waals surface area (Å²) < 4.78 is 11.8. The Bertz CT molecular complexity index is 1040. The molecule has 2 N–H and O–H groups in total. The van der Waals surface area contributed by atoms with Gasteiger partial charge in [-0.1, -0.05) is 25.1 Å². The minimum atomic E-state index is 0.439. The molecule has 0 saturated carbocycles. The zero-order valence-electron chi connectivity index (χ0n) is 14.6. The topological polar surface area (TPSA) is 61.3 Å². The third-order valence-corrected chi connectivity index (χ3v) is 5.27. The van der Waals surface area contributed by atoms with E-state index in [4.69, 9.17) is 14.9 Å². The maximum atomic E-state index is 6.09. The lowest BCUT2D eigenvalue weighted by Gasteiger charge is -2.11. The number of nitrogens with two attached hydrogens (primary N) is 1. The number of furan rings is 1. The van der Waals surface area contributed by atoms with Crippen molar-refractivity contribution < 1.29 is 9.15 Å². The maximum absolute atomic E-state index is 6.09. The molecule has 2 heterocycles. The molecule has 4 rings (SSSR count). The van der Waals surface area contributed by atoms with Crippen LogP contribution in [0.3, 0.4) is 0 Å². The SMILES string of the molecule is CCc1ccccc1OCc1cc(-c2nc(CN)cs2)c2occc2c1. The Balaban J connectivity index is 1.67. The van der Waals surface area contributed by atoms with Crippen LogP contribution in [0.5, 0.6) is 5.75 Å². The van der Waals surface area contributed by atoms with Gasteiger partial charge in [-0.15, -0.1) is 11.3 Å². The Morgan fingerprint density at radius 2 is 2.08 bits per heavy atom. The molecule has 2 aromatic carbocycles. The standard InChI is InChI=1S/C21H20N2O2S/c1-2-15-5-3-4-6-19(15)25-12-14-9-16-7-8-24-20(16)18(10-14)21-23-17(11-22)13-26-21/h3-10,13H,2,11-12,22H2,1H3. The first-order chi connectivity index (χ1) is 12.8. The normalized spacial score (nSPS) is 11.2. The van der Waals surface area contributed by atoms with Gasteiger partial charge in [0.25, 0.3) is 0 Å². The van der Waals surface area contributed by atoms with E-state index in [2.05, 4.69) is 30.1 Å². The molecule has 0 spiro atoms. The quantitative estimate of drug-likeness (QED) is 0.513. The van der Waals surface area contributed by atoms with Gasteiger partial charge in [0.15, 0.2) is 0 Å². The van der Waals surface area contributed by atoms with Crippen molar-refractivity contribution >= 4 is 22.3 Å². The van der Waals surface area contributed by atoms with Crippen molar-refractivity contribution in [3.63, 3.8) is 0 Å². The average molecular weight is 364 g/mol. The summed E-state index contributed by atoms with van der Waals surface area (Å²) in [5.41, 5.74) is 10.7. The smallest absolute Gasteiger partial charge is 0.144 e. The van der Waals surface area contributed by atoms with E-state index < -0.39 is 0 Å². The van der Waals surface area contributed by atoms with Gasteiger partial charge < -0.3 is 14.9 Å². The fraction of sp³-hybridized carbons (Fsp3) is 0.190. The number of fused-ring (bicyclic) bond motifs is 1. The second-order valence-electron chi connectivity index (χ2n) is 6.08. The van der Waals surface area contributed by atoms with Gasteiger partial charge in [-0.3, -0.25) is 0 Å². The molecule has 0 aliphatic rings. The van der Waals surface area contributed by atoms with E-state index in [1.165, 1.54) is 5.56 Å². The fourth-order valence-electron chi connectivity index (χ4n) is 3.01. The Kier molecular flexibility index (Phi) is 4.73. The van der Waals surface area contributed by atoms with Gasteiger partial charge in [0, 0.05) is 17.3 Å². The van der Waals surface area contributed by atoms with Crippen LogP contribution in [0.1, 0.15) is 23.7 Å². The van der Waals surface area contributed by atoms with Crippen molar-refractivity contribution in [1.29, 1.82) is 0 Å². The molecule has 0 amide bonds. The third-order valence-electron chi connectivity index (χ3n) is 4.35. The monoisotopic (exact) mass is 364 g/mol. The number of aromatic nitrogens is 1. The zero-order chi connectivity index (χ0) is 17.9. The number of hydrogen-bond donors (Lipinski definition) is 1. The van der Waals surface area contributed by atoms with Crippen LogP contribution in [0.25, 0.3) is 21.5 Å². The molecule has 26 heavy (non-hydrogen) atoms. The van der Waals surface area contributed by atoms with Crippen molar-refractivity contribution in [3.05, 3.63) is 70.9 Å². The number of rotatable bonds is 6. The summed E-state index contributed by atoms with van der Waals surface area (Å²) in [5.74, 6) is 0.934. The number of hydrogen-bond acceptors (Lipinski definition) is 5. The van der Waals surface area contributed by atoms with Crippen molar-refractivity contribution in [2.45, 2.75) is 26.5 Å². The average Bonchev–Trinajstić information content (AvgIpc) is 3.35. The van der Waals surface area contributed by atoms with Crippen LogP contribution in [-0.4, -0.2) is 4.98 Å². The number of aryl methyl sites for hydroxylation is 1. The lowest BCUT2D eigenvalue weighted by atomic mass is 10.1. The minimum absolute atomic E-state index is 0.439. The summed E-state index contributed by atoms with van der Waals surface area (Å²) in [6, 6.07) is 14.3. The predicted octanol–water partition coefficient (Wildman–Crippen LogP) is 5.16. The largest absolute Gasteiger partial charge is 0.489 e. The first-order valence-corrected chi connectivity index (χ1v) is 9.52. The molecule has 132 valence electrons. The summed E-state index contributed by atoms with van der Waals surface area (Å²) in [6.07, 6.45) is 2.66. The summed E-state index contributed by atoms with van der Waals surface area (Å²) in [4.78, 5) is 4.61. The fourth-order valence-corrected chi connectivity index (χ4v) is 3.85. The molecule has 4 aromatic rings. The molecule has 0 radical (unpaired) electrons. The van der Waals surface area contributed by atoms with Gasteiger partial charge in [0.1, 0.15) is 22.9 Å². The van der Waals surface area contributed by atoms with Crippen LogP contribution in [0.4, 0.5) is 0 Å². The van der Waals surface area contributed by atoms with Crippen LogP contribution >= 0.6 is 11.3 Å². The first-order valence-electron chi connectivity index (χ1n) is 8.64. The van der Waals surface area contributed by atoms with E-state index in [0.29, 0.717) is 13.2 Å². The Labute approximate surface area is 156 Å². The number of ether oxygens (including phenoxy) is 1. The molecule has 0 atom stereocenters. The summed E-state index contributed by atoms with van der Waals surface area (Å²) in [7, 11) is 0. The van der Waals surface area contributed by atoms with Crippen LogP contribution < -0.4 is 10.5 Å². The van der Waals surface area contributed by atoms with Crippen molar-refractivity contribution in [2.24, 2.45) is 5.73 Å². The second-order valence-corrected chi connectivity index (χ2v) is 6.94. The number of para-hydroxylation sites is 1. The van der Waals surface area contributed by atoms with Crippen LogP contribution in [0.2, 0.25) is 0 Å². The van der Waals surface area contributed by atoms with E-state index in [1.54, 1.807) is 17.6 Å². The molecule has 0 aliphatic heterocycles. The Hall–Kier alpha value is -2.63. The Morgan fingerprint density at radius 1 is 1.19 bits per heavy atom. The highest BCUT2D eigenvalue weighted by Crippen LogP contribution is 2.33. The molecule has 0 saturated heterocycles. The van der Waals surface area contributed by atoms with Gasteiger partial charge in [0.05, 0.1) is 17.5 Å². The summed E-state index contributed by atoms with van der Waals surface area (Å²) in [6.45, 7) is 3.07. The van der Waals surface area contributed by atoms with Crippen LogP contribution in [0.15, 0.2) is 58.5 Å². The zero-order valence-corrected chi connectivity index (χ0v) is 15.4. The van der Waals surface area contributed by atoms with Gasteiger partial charge in [-0.05, 0) is 41.8 Å². The van der Waals surface area contributed by atoms with Gasteiger partial charge in [0.2, 0.25) is 0 Å². The maximum Gasteiger partial charge on any atom is 0.144 e. The lowest BCUT2D eigenvalue weighted by molar-refractivity contribution is 0.303. The Morgan fingerprint density at radius 3 is 2.88 bits per heavy atom. The van der Waals surface area contributed by atoms with Gasteiger partial charge in [-0.2, -0.15) is 0 Å². The minimum Gasteiger partial charge on any atom is -0.489 e. The molecule has 5 heteroatoms. The molecule has 0 bridgehead atoms. The van der Waals surface area contributed by atoms with Crippen molar-refractivity contribution in [2.75, 3.05) is 0 Å². The molecular formula is C21H20N2O2S. The van der Waals surface area contributed by atoms with E-state index in [0.717, 1.165) is 45.0 Å². The third kappa shape index (κ3) is 3.23. The van der Waals surface area contributed by atoms with E-state index in [9.17, 15) is 0 Å². The van der Waals surface area contributed by atoms with Gasteiger partial charge in [-0.25, -0.2) is 4.98 Å². The number of nitrogens with zero attached hydrogens (tertiary/aromatic N) is 1. The first kappa shape index (κ1) is 16.8. The highest BCUT2D eigenvalue weighted by atomic mass is 32.1. The molecule has 4 nitrogen and oxygen atoms in total. The van der Waals surface area contributed by atoms with Crippen molar-refractivity contribution in [1.82, 2.24) is 4.98 Å². The molecule has 0 unspecified atom stereocenters. The van der Waals surface area contributed by atoms with Gasteiger partial charge >= 0.3 is 0 Å². The van der Waals surface area contributed by atoms with Crippen molar-refractivity contribution in [3.8, 4) is 16.3 Å².